The van der Waals surface area contributed by atoms with Crippen LogP contribution in [0.15, 0.2) is 53.5 Å². The second kappa shape index (κ2) is 10.7. The molecule has 0 bridgehead atoms. The van der Waals surface area contributed by atoms with Crippen molar-refractivity contribution in [2.45, 2.75) is 38.6 Å². The van der Waals surface area contributed by atoms with Crippen molar-refractivity contribution in [3.8, 4) is 0 Å². The molecule has 2 aromatic carbocycles. The normalized spacial score (nSPS) is 14.5. The Labute approximate surface area is 195 Å². The molecule has 162 valence electrons. The maximum absolute atomic E-state index is 13.2. The molecule has 1 fully saturated rings. The highest BCUT2D eigenvalue weighted by Gasteiger charge is 2.22. The number of benzene rings is 2. The first-order valence-electron chi connectivity index (χ1n) is 9.99. The predicted molar refractivity (Wildman–Crippen MR) is 131 cm³/mol. The summed E-state index contributed by atoms with van der Waals surface area (Å²) in [5.74, 6) is 0.679. The molecule has 1 amide bonds. The Kier molecular flexibility index (Phi) is 8.64. The Bertz CT molecular complexity index is 866. The van der Waals surface area contributed by atoms with E-state index in [1.165, 1.54) is 12.1 Å². The highest BCUT2D eigenvalue weighted by molar-refractivity contribution is 14.0. The van der Waals surface area contributed by atoms with Crippen LogP contribution in [0, 0.1) is 5.82 Å². The maximum Gasteiger partial charge on any atom is 0.227 e. The summed E-state index contributed by atoms with van der Waals surface area (Å²) < 4.78 is 13.2. The molecule has 2 N–H and O–H groups in total. The van der Waals surface area contributed by atoms with Crippen molar-refractivity contribution >= 4 is 41.5 Å². The summed E-state index contributed by atoms with van der Waals surface area (Å²) >= 11 is 0. The van der Waals surface area contributed by atoms with Crippen LogP contribution in [-0.4, -0.2) is 32.0 Å². The smallest absolute Gasteiger partial charge is 0.227 e. The van der Waals surface area contributed by atoms with Crippen LogP contribution in [0.3, 0.4) is 0 Å². The van der Waals surface area contributed by atoms with E-state index in [4.69, 9.17) is 0 Å². The van der Waals surface area contributed by atoms with Crippen LogP contribution in [-0.2, 0) is 16.8 Å². The number of anilines is 1. The molecule has 0 aromatic heterocycles. The molecular formula is C23H30FIN4O. The third kappa shape index (κ3) is 6.17. The van der Waals surface area contributed by atoms with Gasteiger partial charge in [-0.2, -0.15) is 0 Å². The van der Waals surface area contributed by atoms with Crippen LogP contribution < -0.4 is 15.5 Å². The van der Waals surface area contributed by atoms with Gasteiger partial charge in [0.05, 0.1) is 0 Å². The SMILES string of the molecule is CN=C(NCc1ccc(N2CCCC2=O)cc1)NCC(C)(C)c1ccc(F)cc1.I. The summed E-state index contributed by atoms with van der Waals surface area (Å²) in [6, 6.07) is 14.7. The van der Waals surface area contributed by atoms with E-state index >= 15 is 0 Å². The largest absolute Gasteiger partial charge is 0.356 e. The summed E-state index contributed by atoms with van der Waals surface area (Å²) in [5.41, 5.74) is 2.96. The van der Waals surface area contributed by atoms with Crippen LogP contribution in [0.4, 0.5) is 10.1 Å². The molecule has 0 atom stereocenters. The number of aliphatic imine (C=N–C) groups is 1. The van der Waals surface area contributed by atoms with Gasteiger partial charge in [0.25, 0.3) is 0 Å². The fourth-order valence-electron chi connectivity index (χ4n) is 3.43. The van der Waals surface area contributed by atoms with Crippen LogP contribution in [0.2, 0.25) is 0 Å². The number of hydrogen-bond acceptors (Lipinski definition) is 2. The molecule has 30 heavy (non-hydrogen) atoms. The van der Waals surface area contributed by atoms with Crippen LogP contribution in [0.1, 0.15) is 37.8 Å². The molecule has 1 aliphatic rings. The molecule has 5 nitrogen and oxygen atoms in total. The lowest BCUT2D eigenvalue weighted by Gasteiger charge is -2.27. The standard InChI is InChI=1S/C23H29FN4O.HI/c1-23(2,18-8-10-19(24)11-9-18)16-27-22(25-3)26-15-17-6-12-20(13-7-17)28-14-4-5-21(28)29;/h6-13H,4-5,14-16H2,1-3H3,(H2,25,26,27);1H. The number of carbonyl (C=O) groups is 1. The van der Waals surface area contributed by atoms with Gasteiger partial charge in [-0.05, 0) is 41.8 Å². The number of halogens is 2. The van der Waals surface area contributed by atoms with Crippen molar-refractivity contribution in [2.75, 3.05) is 25.0 Å². The highest BCUT2D eigenvalue weighted by Crippen LogP contribution is 2.23. The number of carbonyl (C=O) groups excluding carboxylic acids is 1. The zero-order valence-corrected chi connectivity index (χ0v) is 20.1. The van der Waals surface area contributed by atoms with Gasteiger partial charge in [-0.3, -0.25) is 9.79 Å². The van der Waals surface area contributed by atoms with Crippen molar-refractivity contribution < 1.29 is 9.18 Å². The lowest BCUT2D eigenvalue weighted by atomic mass is 9.84. The second-order valence-corrected chi connectivity index (χ2v) is 7.99. The topological polar surface area (TPSA) is 56.7 Å². The molecule has 0 spiro atoms. The number of nitrogens with one attached hydrogen (secondary N) is 2. The average Bonchev–Trinajstić information content (AvgIpc) is 3.15. The number of amides is 1. The minimum atomic E-state index is -0.227. The molecule has 1 heterocycles. The fourth-order valence-corrected chi connectivity index (χ4v) is 3.43. The van der Waals surface area contributed by atoms with Gasteiger partial charge < -0.3 is 15.5 Å². The molecule has 0 saturated carbocycles. The summed E-state index contributed by atoms with van der Waals surface area (Å²) in [6.07, 6.45) is 1.57. The van der Waals surface area contributed by atoms with Gasteiger partial charge in [-0.1, -0.05) is 38.1 Å². The molecule has 0 unspecified atom stereocenters. The Morgan fingerprint density at radius 1 is 1.10 bits per heavy atom. The molecule has 0 radical (unpaired) electrons. The van der Waals surface area contributed by atoms with Gasteiger partial charge in [-0.15, -0.1) is 24.0 Å². The number of rotatable bonds is 6. The second-order valence-electron chi connectivity index (χ2n) is 7.99. The van der Waals surface area contributed by atoms with Crippen molar-refractivity contribution in [3.05, 3.63) is 65.5 Å². The van der Waals surface area contributed by atoms with Crippen molar-refractivity contribution in [1.29, 1.82) is 0 Å². The Hall–Kier alpha value is -2.16. The number of nitrogens with zero attached hydrogens (tertiary/aromatic N) is 2. The van der Waals surface area contributed by atoms with Gasteiger partial charge >= 0.3 is 0 Å². The zero-order chi connectivity index (χ0) is 20.9. The number of guanidine groups is 1. The Morgan fingerprint density at radius 2 is 1.77 bits per heavy atom. The third-order valence-electron chi connectivity index (χ3n) is 5.33. The lowest BCUT2D eigenvalue weighted by molar-refractivity contribution is -0.117. The Morgan fingerprint density at radius 3 is 2.33 bits per heavy atom. The zero-order valence-electron chi connectivity index (χ0n) is 17.7. The van der Waals surface area contributed by atoms with Crippen molar-refractivity contribution in [3.63, 3.8) is 0 Å². The van der Waals surface area contributed by atoms with Gasteiger partial charge in [0.2, 0.25) is 5.91 Å². The quantitative estimate of drug-likeness (QED) is 0.338. The van der Waals surface area contributed by atoms with Gasteiger partial charge in [0.15, 0.2) is 5.96 Å². The first-order valence-corrected chi connectivity index (χ1v) is 9.99. The Balaban J connectivity index is 0.00000320. The monoisotopic (exact) mass is 524 g/mol. The van der Waals surface area contributed by atoms with E-state index < -0.39 is 0 Å². The van der Waals surface area contributed by atoms with Gasteiger partial charge in [0.1, 0.15) is 5.82 Å². The maximum atomic E-state index is 13.2. The fraction of sp³-hybridized carbons (Fsp3) is 0.391. The van der Waals surface area contributed by atoms with E-state index in [0.717, 1.165) is 29.8 Å². The van der Waals surface area contributed by atoms with Crippen LogP contribution in [0.5, 0.6) is 0 Å². The van der Waals surface area contributed by atoms with Gasteiger partial charge in [-0.25, -0.2) is 4.39 Å². The minimum absolute atomic E-state index is 0. The molecule has 1 saturated heterocycles. The summed E-state index contributed by atoms with van der Waals surface area (Å²) in [5, 5.41) is 6.66. The first-order chi connectivity index (χ1) is 13.9. The molecule has 0 aliphatic carbocycles. The van der Waals surface area contributed by atoms with Crippen LogP contribution in [0.25, 0.3) is 0 Å². The predicted octanol–water partition coefficient (Wildman–Crippen LogP) is 4.21. The summed E-state index contributed by atoms with van der Waals surface area (Å²) in [6.45, 7) is 6.31. The molecule has 3 rings (SSSR count). The number of hydrogen-bond donors (Lipinski definition) is 2. The van der Waals surface area contributed by atoms with E-state index in [1.54, 1.807) is 7.05 Å². The lowest BCUT2D eigenvalue weighted by Crippen LogP contribution is -2.43. The third-order valence-corrected chi connectivity index (χ3v) is 5.33. The molecule has 1 aliphatic heterocycles. The molecule has 7 heteroatoms. The van der Waals surface area contributed by atoms with E-state index in [9.17, 15) is 9.18 Å². The van der Waals surface area contributed by atoms with E-state index in [0.29, 0.717) is 25.5 Å². The summed E-state index contributed by atoms with van der Waals surface area (Å²) in [4.78, 5) is 18.0. The molecular weight excluding hydrogens is 494 g/mol. The van der Waals surface area contributed by atoms with E-state index in [1.807, 2.05) is 41.3 Å². The minimum Gasteiger partial charge on any atom is -0.356 e. The molecule has 2 aromatic rings. The van der Waals surface area contributed by atoms with Crippen LogP contribution >= 0.6 is 24.0 Å². The van der Waals surface area contributed by atoms with Gasteiger partial charge in [0, 0.05) is 44.2 Å². The average molecular weight is 524 g/mol. The van der Waals surface area contributed by atoms with E-state index in [-0.39, 0.29) is 41.1 Å². The highest BCUT2D eigenvalue weighted by atomic mass is 127. The first kappa shape index (κ1) is 24.1. The van der Waals surface area contributed by atoms with E-state index in [2.05, 4.69) is 29.5 Å². The van der Waals surface area contributed by atoms with Crippen molar-refractivity contribution in [2.24, 2.45) is 4.99 Å². The summed E-state index contributed by atoms with van der Waals surface area (Å²) in [7, 11) is 1.74. The van der Waals surface area contributed by atoms with Crippen molar-refractivity contribution in [1.82, 2.24) is 10.6 Å².